The average Bonchev–Trinajstić information content (AvgIpc) is 2.57. The molecule has 0 aromatic heterocycles. The number of benzene rings is 2. The Bertz CT molecular complexity index is 691. The van der Waals surface area contributed by atoms with E-state index in [0.717, 1.165) is 10.6 Å². The maximum atomic E-state index is 13.8. The standard InChI is InChI=1S/C18H20ClFN2OS/c1-22(12-13-14(19)6-5-7-15(13)20)11-10-18(23)21-16-8-3-4-9-17(16)24-2/h3-9H,10-12H2,1-2H3,(H,21,23). The summed E-state index contributed by atoms with van der Waals surface area (Å²) in [6.45, 7) is 0.873. The van der Waals surface area contributed by atoms with E-state index in [0.29, 0.717) is 30.1 Å². The third kappa shape index (κ3) is 5.23. The average molecular weight is 367 g/mol. The minimum absolute atomic E-state index is 0.0667. The Hall–Kier alpha value is -1.56. The molecule has 0 unspecified atom stereocenters. The number of thioether (sulfide) groups is 1. The second-order valence-corrected chi connectivity index (χ2v) is 6.69. The highest BCUT2D eigenvalue weighted by Gasteiger charge is 2.12. The van der Waals surface area contributed by atoms with Crippen LogP contribution in [0.3, 0.4) is 0 Å². The molecule has 1 amide bonds. The van der Waals surface area contributed by atoms with Gasteiger partial charge in [-0.15, -0.1) is 11.8 Å². The van der Waals surface area contributed by atoms with Gasteiger partial charge in [0, 0.05) is 35.0 Å². The summed E-state index contributed by atoms with van der Waals surface area (Å²) in [5, 5.41) is 3.32. The Labute approximate surface area is 151 Å². The lowest BCUT2D eigenvalue weighted by Crippen LogP contribution is -2.24. The molecule has 0 saturated heterocycles. The molecule has 0 radical (unpaired) electrons. The van der Waals surface area contributed by atoms with Crippen molar-refractivity contribution in [2.45, 2.75) is 17.9 Å². The van der Waals surface area contributed by atoms with Crippen molar-refractivity contribution in [2.75, 3.05) is 25.2 Å². The summed E-state index contributed by atoms with van der Waals surface area (Å²) in [6, 6.07) is 12.3. The van der Waals surface area contributed by atoms with Crippen molar-refractivity contribution >= 4 is 35.0 Å². The predicted molar refractivity (Wildman–Crippen MR) is 99.2 cm³/mol. The SMILES string of the molecule is CSc1ccccc1NC(=O)CCN(C)Cc1c(F)cccc1Cl. The van der Waals surface area contributed by atoms with Crippen LogP contribution in [0.1, 0.15) is 12.0 Å². The molecule has 128 valence electrons. The summed E-state index contributed by atoms with van der Waals surface area (Å²) in [6.07, 6.45) is 2.29. The van der Waals surface area contributed by atoms with Crippen molar-refractivity contribution in [3.05, 3.63) is 58.9 Å². The van der Waals surface area contributed by atoms with E-state index in [-0.39, 0.29) is 11.7 Å². The van der Waals surface area contributed by atoms with Gasteiger partial charge in [-0.05, 0) is 37.6 Å². The first-order chi connectivity index (χ1) is 11.5. The number of amides is 1. The van der Waals surface area contributed by atoms with Crippen molar-refractivity contribution in [2.24, 2.45) is 0 Å². The number of hydrogen-bond acceptors (Lipinski definition) is 3. The molecule has 24 heavy (non-hydrogen) atoms. The van der Waals surface area contributed by atoms with Gasteiger partial charge in [-0.3, -0.25) is 4.79 Å². The van der Waals surface area contributed by atoms with Crippen LogP contribution < -0.4 is 5.32 Å². The lowest BCUT2D eigenvalue weighted by atomic mass is 10.2. The van der Waals surface area contributed by atoms with Gasteiger partial charge in [-0.1, -0.05) is 29.8 Å². The Kier molecular flexibility index (Phi) is 7.09. The first-order valence-electron chi connectivity index (χ1n) is 7.55. The van der Waals surface area contributed by atoms with Crippen molar-refractivity contribution in [3.63, 3.8) is 0 Å². The van der Waals surface area contributed by atoms with Crippen molar-refractivity contribution in [3.8, 4) is 0 Å². The summed E-state index contributed by atoms with van der Waals surface area (Å²) >= 11 is 7.61. The van der Waals surface area contributed by atoms with Crippen LogP contribution in [0.25, 0.3) is 0 Å². The number of hydrogen-bond donors (Lipinski definition) is 1. The van der Waals surface area contributed by atoms with Crippen molar-refractivity contribution < 1.29 is 9.18 Å². The number of rotatable bonds is 7. The number of nitrogens with zero attached hydrogens (tertiary/aromatic N) is 1. The maximum Gasteiger partial charge on any atom is 0.225 e. The molecule has 6 heteroatoms. The lowest BCUT2D eigenvalue weighted by Gasteiger charge is -2.18. The maximum absolute atomic E-state index is 13.8. The van der Waals surface area contributed by atoms with Crippen LogP contribution >= 0.6 is 23.4 Å². The lowest BCUT2D eigenvalue weighted by molar-refractivity contribution is -0.116. The third-order valence-electron chi connectivity index (χ3n) is 3.59. The van der Waals surface area contributed by atoms with Crippen molar-refractivity contribution in [1.29, 1.82) is 0 Å². The fraction of sp³-hybridized carbons (Fsp3) is 0.278. The summed E-state index contributed by atoms with van der Waals surface area (Å²) < 4.78 is 13.8. The number of para-hydroxylation sites is 1. The van der Waals surface area contributed by atoms with Gasteiger partial charge in [0.05, 0.1) is 5.69 Å². The van der Waals surface area contributed by atoms with Crippen molar-refractivity contribution in [1.82, 2.24) is 4.90 Å². The molecule has 0 bridgehead atoms. The summed E-state index contributed by atoms with van der Waals surface area (Å²) in [7, 11) is 1.84. The van der Waals surface area contributed by atoms with Crippen LogP contribution in [0.2, 0.25) is 5.02 Å². The molecule has 0 atom stereocenters. The molecule has 2 rings (SSSR count). The topological polar surface area (TPSA) is 32.3 Å². The monoisotopic (exact) mass is 366 g/mol. The molecule has 0 heterocycles. The second-order valence-electron chi connectivity index (χ2n) is 5.44. The summed E-state index contributed by atoms with van der Waals surface area (Å²) in [4.78, 5) is 15.0. The van der Waals surface area contributed by atoms with Crippen LogP contribution in [-0.2, 0) is 11.3 Å². The van der Waals surface area contributed by atoms with Gasteiger partial charge < -0.3 is 10.2 Å². The first-order valence-corrected chi connectivity index (χ1v) is 9.16. The van der Waals surface area contributed by atoms with Gasteiger partial charge in [-0.2, -0.15) is 0 Å². The number of nitrogens with one attached hydrogen (secondary N) is 1. The fourth-order valence-electron chi connectivity index (χ4n) is 2.29. The van der Waals surface area contributed by atoms with Crippen LogP contribution in [0.15, 0.2) is 47.4 Å². The highest BCUT2D eigenvalue weighted by atomic mass is 35.5. The Balaban J connectivity index is 1.87. The summed E-state index contributed by atoms with van der Waals surface area (Å²) in [5.74, 6) is -0.393. The van der Waals surface area contributed by atoms with E-state index in [1.807, 2.05) is 42.5 Å². The quantitative estimate of drug-likeness (QED) is 0.723. The normalized spacial score (nSPS) is 10.9. The van der Waals surface area contributed by atoms with E-state index in [1.165, 1.54) is 6.07 Å². The van der Waals surface area contributed by atoms with E-state index in [4.69, 9.17) is 11.6 Å². The number of carbonyl (C=O) groups excluding carboxylic acids is 1. The molecule has 1 N–H and O–H groups in total. The molecule has 0 aliphatic heterocycles. The second kappa shape index (κ2) is 9.06. The predicted octanol–water partition coefficient (Wildman–Crippen LogP) is 4.66. The molecule has 2 aromatic carbocycles. The minimum atomic E-state index is -0.326. The van der Waals surface area contributed by atoms with Crippen LogP contribution in [0.5, 0.6) is 0 Å². The number of anilines is 1. The van der Waals surface area contributed by atoms with E-state index in [2.05, 4.69) is 5.32 Å². The molecule has 0 aliphatic carbocycles. The smallest absolute Gasteiger partial charge is 0.225 e. The molecular formula is C18H20ClFN2OS. The molecule has 3 nitrogen and oxygen atoms in total. The largest absolute Gasteiger partial charge is 0.325 e. The summed E-state index contributed by atoms with van der Waals surface area (Å²) in [5.41, 5.74) is 1.27. The van der Waals surface area contributed by atoms with Crippen LogP contribution in [0.4, 0.5) is 10.1 Å². The van der Waals surface area contributed by atoms with E-state index in [9.17, 15) is 9.18 Å². The first kappa shape index (κ1) is 18.8. The highest BCUT2D eigenvalue weighted by molar-refractivity contribution is 7.98. The third-order valence-corrected chi connectivity index (χ3v) is 4.74. The minimum Gasteiger partial charge on any atom is -0.325 e. The van der Waals surface area contributed by atoms with Crippen LogP contribution in [0, 0.1) is 5.82 Å². The molecule has 0 fully saturated rings. The van der Waals surface area contributed by atoms with Gasteiger partial charge in [-0.25, -0.2) is 4.39 Å². The van der Waals surface area contributed by atoms with E-state index in [1.54, 1.807) is 23.9 Å². The zero-order valence-corrected chi connectivity index (χ0v) is 15.3. The Morgan fingerprint density at radius 3 is 2.71 bits per heavy atom. The fourth-order valence-corrected chi connectivity index (χ4v) is 3.06. The number of halogens is 2. The molecule has 0 saturated carbocycles. The Morgan fingerprint density at radius 1 is 1.25 bits per heavy atom. The van der Waals surface area contributed by atoms with Gasteiger partial charge >= 0.3 is 0 Å². The van der Waals surface area contributed by atoms with Gasteiger partial charge in [0.1, 0.15) is 5.82 Å². The molecular weight excluding hydrogens is 347 g/mol. The van der Waals surface area contributed by atoms with E-state index >= 15 is 0 Å². The molecule has 0 spiro atoms. The highest BCUT2D eigenvalue weighted by Crippen LogP contribution is 2.24. The molecule has 0 aliphatic rings. The van der Waals surface area contributed by atoms with Gasteiger partial charge in [0.15, 0.2) is 0 Å². The zero-order chi connectivity index (χ0) is 17.5. The van der Waals surface area contributed by atoms with Gasteiger partial charge in [0.25, 0.3) is 0 Å². The zero-order valence-electron chi connectivity index (χ0n) is 13.7. The molecule has 2 aromatic rings. The Morgan fingerprint density at radius 2 is 2.00 bits per heavy atom. The number of carbonyl (C=O) groups is 1. The van der Waals surface area contributed by atoms with E-state index < -0.39 is 0 Å². The van der Waals surface area contributed by atoms with Gasteiger partial charge in [0.2, 0.25) is 5.91 Å². The van der Waals surface area contributed by atoms with Crippen LogP contribution in [-0.4, -0.2) is 30.7 Å².